The van der Waals surface area contributed by atoms with Crippen molar-refractivity contribution in [2.45, 2.75) is 37.6 Å². The van der Waals surface area contributed by atoms with Crippen LogP contribution in [0.25, 0.3) is 0 Å². The largest absolute Gasteiger partial charge is 0.462 e. The van der Waals surface area contributed by atoms with Gasteiger partial charge in [0.05, 0.1) is 18.8 Å². The van der Waals surface area contributed by atoms with Gasteiger partial charge >= 0.3 is 24.2 Å². The zero-order chi connectivity index (χ0) is 35.9. The number of esters is 1. The van der Waals surface area contributed by atoms with Crippen LogP contribution in [-0.4, -0.2) is 94.0 Å². The van der Waals surface area contributed by atoms with Crippen molar-refractivity contribution in [2.24, 2.45) is 0 Å². The number of carbonyl (C=O) groups is 4. The molecule has 0 spiro atoms. The lowest BCUT2D eigenvalue weighted by Gasteiger charge is -2.43. The second-order valence-electron chi connectivity index (χ2n) is 10.9. The van der Waals surface area contributed by atoms with Crippen LogP contribution < -0.4 is 34.9 Å². The molecule has 0 aliphatic carbocycles. The fraction of sp³-hybridized carbons (Fsp3) is 0.333. The second kappa shape index (κ2) is 15.7. The summed E-state index contributed by atoms with van der Waals surface area (Å²) < 4.78 is 54.6. The van der Waals surface area contributed by atoms with Gasteiger partial charge in [0.15, 0.2) is 47.6 Å². The smallest absolute Gasteiger partial charge is 0.412 e. The van der Waals surface area contributed by atoms with Crippen molar-refractivity contribution >= 4 is 41.3 Å². The predicted molar refractivity (Wildman–Crippen MR) is 172 cm³/mol. The maximum Gasteiger partial charge on any atom is 0.412 e. The van der Waals surface area contributed by atoms with Gasteiger partial charge in [-0.05, 0) is 55.5 Å². The van der Waals surface area contributed by atoms with E-state index >= 15 is 0 Å². The Balaban J connectivity index is 1.22. The summed E-state index contributed by atoms with van der Waals surface area (Å²) in [5.74, 6) is 1.19. The number of aliphatic hydroxyl groups excluding tert-OH is 1. The van der Waals surface area contributed by atoms with Gasteiger partial charge in [-0.3, -0.25) is 16.0 Å². The van der Waals surface area contributed by atoms with E-state index in [-0.39, 0.29) is 42.8 Å². The Morgan fingerprint density at radius 1 is 0.686 bits per heavy atom. The number of nitrogens with one attached hydrogen (secondary N) is 3. The van der Waals surface area contributed by atoms with Gasteiger partial charge in [-0.25, -0.2) is 19.2 Å². The second-order valence-corrected chi connectivity index (χ2v) is 10.9. The molecule has 4 N–H and O–H groups in total. The van der Waals surface area contributed by atoms with Gasteiger partial charge < -0.3 is 52.5 Å². The molecule has 0 radical (unpaired) electrons. The Kier molecular flexibility index (Phi) is 10.7. The molecule has 18 nitrogen and oxygen atoms in total. The van der Waals surface area contributed by atoms with Gasteiger partial charge in [-0.15, -0.1) is 0 Å². The maximum absolute atomic E-state index is 13.3. The summed E-state index contributed by atoms with van der Waals surface area (Å²) in [5.41, 5.74) is 1.03. The molecule has 3 aliphatic heterocycles. The summed E-state index contributed by atoms with van der Waals surface area (Å²) in [7, 11) is 1.24. The van der Waals surface area contributed by atoms with Crippen molar-refractivity contribution in [3.63, 3.8) is 0 Å². The molecule has 1 saturated heterocycles. The molecule has 3 aliphatic rings. The van der Waals surface area contributed by atoms with E-state index in [1.807, 2.05) is 0 Å². The minimum absolute atomic E-state index is 0.0101. The van der Waals surface area contributed by atoms with Crippen LogP contribution in [0.4, 0.5) is 31.4 Å². The van der Waals surface area contributed by atoms with Crippen molar-refractivity contribution in [3.05, 3.63) is 66.2 Å². The molecule has 0 aromatic heterocycles. The molecular formula is C33H33N3O15. The number of carbonyl (C=O) groups excluding carboxylic acids is 4. The molecule has 3 heterocycles. The first kappa shape index (κ1) is 34.9. The van der Waals surface area contributed by atoms with E-state index in [2.05, 4.69) is 16.0 Å². The first-order valence-corrected chi connectivity index (χ1v) is 15.5. The van der Waals surface area contributed by atoms with Crippen LogP contribution in [0.3, 0.4) is 0 Å². The van der Waals surface area contributed by atoms with Crippen LogP contribution in [0.1, 0.15) is 17.3 Å². The van der Waals surface area contributed by atoms with E-state index < -0.39 is 61.6 Å². The summed E-state index contributed by atoms with van der Waals surface area (Å²) in [6.07, 6.45) is -10.6. The Labute approximate surface area is 289 Å². The number of amides is 3. The molecule has 6 rings (SSSR count). The van der Waals surface area contributed by atoms with Gasteiger partial charge in [0.25, 0.3) is 0 Å². The standard InChI is InChI=1S/C33H33N3O15/c1-3-43-29(38)17-4-6-18(7-5-17)34-31(39)49-26-25(14-37)48-30(42-2)28(51-33(41)36-20-9-11-22-24(13-20)47-16-45-22)27(26)50-32(40)35-19-8-10-21-23(12-19)46-15-44-21/h4-13,25-28,30,37H,3,14-16H2,1-2H3,(H,34,39)(H,35,40)(H,36,41). The Hall–Kier alpha value is -5.98. The summed E-state index contributed by atoms with van der Waals surface area (Å²) in [6.45, 7) is 1.16. The number of ether oxygens (including phenoxy) is 10. The predicted octanol–water partition coefficient (Wildman–Crippen LogP) is 3.84. The summed E-state index contributed by atoms with van der Waals surface area (Å²) in [5, 5.41) is 17.8. The quantitative estimate of drug-likeness (QED) is 0.174. The van der Waals surface area contributed by atoms with E-state index in [1.165, 1.54) is 49.6 Å². The van der Waals surface area contributed by atoms with Gasteiger partial charge in [0.2, 0.25) is 13.6 Å². The summed E-state index contributed by atoms with van der Waals surface area (Å²) in [4.78, 5) is 51.7. The first-order valence-electron chi connectivity index (χ1n) is 15.5. The lowest BCUT2D eigenvalue weighted by atomic mass is 9.98. The molecule has 5 unspecified atom stereocenters. The van der Waals surface area contributed by atoms with Gasteiger partial charge in [-0.1, -0.05) is 0 Å². The fourth-order valence-electron chi connectivity index (χ4n) is 5.28. The average molecular weight is 712 g/mol. The maximum atomic E-state index is 13.3. The molecule has 1 fully saturated rings. The van der Waals surface area contributed by atoms with Crippen LogP contribution >= 0.6 is 0 Å². The highest BCUT2D eigenvalue weighted by Crippen LogP contribution is 2.36. The Morgan fingerprint density at radius 2 is 1.18 bits per heavy atom. The minimum atomic E-state index is -1.62. The topological polar surface area (TPSA) is 217 Å². The molecule has 3 aromatic rings. The average Bonchev–Trinajstić information content (AvgIpc) is 3.79. The van der Waals surface area contributed by atoms with Crippen LogP contribution in [-0.2, 0) is 28.4 Å². The van der Waals surface area contributed by atoms with Crippen molar-refractivity contribution < 1.29 is 71.7 Å². The molecule has 5 atom stereocenters. The van der Waals surface area contributed by atoms with Crippen molar-refractivity contribution in [1.29, 1.82) is 0 Å². The van der Waals surface area contributed by atoms with Gasteiger partial charge in [0, 0.05) is 36.3 Å². The Bertz CT molecular complexity index is 1750. The molecule has 18 heteroatoms. The highest BCUT2D eigenvalue weighted by Gasteiger charge is 2.53. The Morgan fingerprint density at radius 3 is 1.71 bits per heavy atom. The molecule has 3 aromatic carbocycles. The third kappa shape index (κ3) is 8.26. The van der Waals surface area contributed by atoms with Crippen LogP contribution in [0.15, 0.2) is 60.7 Å². The number of rotatable bonds is 10. The molecular weight excluding hydrogens is 678 g/mol. The number of methoxy groups -OCH3 is 1. The molecule has 0 bridgehead atoms. The van der Waals surface area contributed by atoms with E-state index in [0.717, 1.165) is 0 Å². The van der Waals surface area contributed by atoms with E-state index in [1.54, 1.807) is 25.1 Å². The van der Waals surface area contributed by atoms with E-state index in [4.69, 9.17) is 47.4 Å². The van der Waals surface area contributed by atoms with Crippen molar-refractivity contribution in [3.8, 4) is 23.0 Å². The zero-order valence-corrected chi connectivity index (χ0v) is 27.2. The van der Waals surface area contributed by atoms with Crippen LogP contribution in [0.2, 0.25) is 0 Å². The molecule has 3 amide bonds. The number of hydrogen-bond donors (Lipinski definition) is 4. The highest BCUT2D eigenvalue weighted by atomic mass is 16.7. The zero-order valence-electron chi connectivity index (χ0n) is 27.2. The normalized spacial score (nSPS) is 21.2. The van der Waals surface area contributed by atoms with Crippen LogP contribution in [0, 0.1) is 0 Å². The summed E-state index contributed by atoms with van der Waals surface area (Å²) in [6, 6.07) is 15.0. The van der Waals surface area contributed by atoms with Crippen LogP contribution in [0.5, 0.6) is 23.0 Å². The SMILES string of the molecule is CCOC(=O)c1ccc(NC(=O)OC2C(CO)OC(OC)C(OC(=O)Nc3ccc4c(c3)OCO4)C2OC(=O)Nc2ccc3c(c2)OCO3)cc1. The lowest BCUT2D eigenvalue weighted by Crippen LogP contribution is -2.63. The van der Waals surface area contributed by atoms with Gasteiger partial charge in [-0.2, -0.15) is 0 Å². The first-order chi connectivity index (χ1) is 24.7. The third-order valence-corrected chi connectivity index (χ3v) is 7.61. The lowest BCUT2D eigenvalue weighted by molar-refractivity contribution is -0.290. The van der Waals surface area contributed by atoms with Crippen molar-refractivity contribution in [2.75, 3.05) is 49.9 Å². The molecule has 0 saturated carbocycles. The van der Waals surface area contributed by atoms with Crippen molar-refractivity contribution in [1.82, 2.24) is 0 Å². The number of fused-ring (bicyclic) bond motifs is 2. The fourth-order valence-corrected chi connectivity index (χ4v) is 5.28. The third-order valence-electron chi connectivity index (χ3n) is 7.61. The summed E-state index contributed by atoms with van der Waals surface area (Å²) >= 11 is 0. The van der Waals surface area contributed by atoms with E-state index in [9.17, 15) is 24.3 Å². The monoisotopic (exact) mass is 711 g/mol. The number of hydrogen-bond acceptors (Lipinski definition) is 15. The number of benzene rings is 3. The number of anilines is 3. The highest BCUT2D eigenvalue weighted by molar-refractivity contribution is 5.91. The molecule has 270 valence electrons. The van der Waals surface area contributed by atoms with E-state index in [0.29, 0.717) is 23.0 Å². The minimum Gasteiger partial charge on any atom is -0.462 e. The van der Waals surface area contributed by atoms with Gasteiger partial charge in [0.1, 0.15) is 6.10 Å². The molecule has 51 heavy (non-hydrogen) atoms. The number of aliphatic hydroxyl groups is 1.